The Balaban J connectivity index is 1.61. The number of halogens is 1. The van der Waals surface area contributed by atoms with E-state index in [4.69, 9.17) is 14.2 Å². The van der Waals surface area contributed by atoms with Gasteiger partial charge in [0.2, 0.25) is 5.43 Å². The van der Waals surface area contributed by atoms with Crippen LogP contribution in [0.25, 0.3) is 10.9 Å². The van der Waals surface area contributed by atoms with Crippen LogP contribution >= 0.6 is 0 Å². The monoisotopic (exact) mass is 503 g/mol. The second kappa shape index (κ2) is 8.65. The fourth-order valence-electron chi connectivity index (χ4n) is 5.31. The Bertz CT molecular complexity index is 1300. The molecule has 194 valence electrons. The van der Waals surface area contributed by atoms with Crippen LogP contribution in [-0.2, 0) is 9.47 Å². The number of aromatic nitrogens is 1. The van der Waals surface area contributed by atoms with E-state index in [1.54, 1.807) is 25.3 Å². The van der Waals surface area contributed by atoms with Gasteiger partial charge in [0.1, 0.15) is 16.9 Å². The van der Waals surface area contributed by atoms with E-state index in [2.05, 4.69) is 5.32 Å². The van der Waals surface area contributed by atoms with Crippen molar-refractivity contribution in [3.63, 3.8) is 0 Å². The normalized spacial score (nSPS) is 23.6. The highest BCUT2D eigenvalue weighted by atomic mass is 19.1. The predicted molar refractivity (Wildman–Crippen MR) is 129 cm³/mol. The van der Waals surface area contributed by atoms with Crippen molar-refractivity contribution >= 4 is 28.7 Å². The molecule has 0 bridgehead atoms. The largest absolute Gasteiger partial charge is 0.492 e. The lowest BCUT2D eigenvalue weighted by Gasteiger charge is -2.28. The number of rotatable bonds is 5. The number of carboxylic acids is 1. The van der Waals surface area contributed by atoms with Crippen LogP contribution in [-0.4, -0.2) is 65.8 Å². The number of methoxy groups -OCH3 is 1. The Morgan fingerprint density at radius 1 is 1.25 bits per heavy atom. The lowest BCUT2D eigenvalue weighted by Crippen LogP contribution is -2.45. The standard InChI is InChI=1S/C25H30FN3O7/c1-25(2,3)36-24(33)27-16-11-29(17-7-8-35-21(16)17)19-15(26)9-13-18(22(19)34-4)28(12-5-6-12)10-14(20(13)30)23(31)32/h9-10,12,16-17,21H,5-8,11H2,1-4H3,(H,27,33)(H,31,32). The van der Waals surface area contributed by atoms with E-state index in [9.17, 15) is 19.5 Å². The molecule has 2 aromatic rings. The summed E-state index contributed by atoms with van der Waals surface area (Å²) in [5, 5.41) is 12.4. The third kappa shape index (κ3) is 4.15. The number of hydrogen-bond acceptors (Lipinski definition) is 7. The fraction of sp³-hybridized carbons (Fsp3) is 0.560. The molecule has 0 spiro atoms. The average Bonchev–Trinajstić information content (AvgIpc) is 3.41. The van der Waals surface area contributed by atoms with Crippen molar-refractivity contribution in [3.8, 4) is 5.75 Å². The first kappa shape index (κ1) is 24.4. The highest BCUT2D eigenvalue weighted by Crippen LogP contribution is 2.46. The molecule has 3 aliphatic rings. The van der Waals surface area contributed by atoms with E-state index in [-0.39, 0.29) is 41.6 Å². The molecule has 2 N–H and O–H groups in total. The topological polar surface area (TPSA) is 119 Å². The molecular formula is C25H30FN3O7. The summed E-state index contributed by atoms with van der Waals surface area (Å²) in [7, 11) is 1.40. The van der Waals surface area contributed by atoms with Crippen molar-refractivity contribution in [3.05, 3.63) is 33.9 Å². The van der Waals surface area contributed by atoms with Gasteiger partial charge in [-0.25, -0.2) is 14.0 Å². The average molecular weight is 504 g/mol. The van der Waals surface area contributed by atoms with Crippen molar-refractivity contribution in [2.75, 3.05) is 25.2 Å². The molecular weight excluding hydrogens is 473 g/mol. The van der Waals surface area contributed by atoms with Crippen molar-refractivity contribution in [1.29, 1.82) is 0 Å². The number of benzene rings is 1. The Morgan fingerprint density at radius 2 is 1.97 bits per heavy atom. The number of anilines is 1. The summed E-state index contributed by atoms with van der Waals surface area (Å²) in [6.45, 7) is 6.01. The SMILES string of the molecule is COc1c(N2CC(NC(=O)OC(C)(C)C)C3OCCC32)c(F)cc2c(=O)c(C(=O)O)cn(C3CC3)c12. The number of pyridine rings is 1. The highest BCUT2D eigenvalue weighted by Gasteiger charge is 2.48. The Morgan fingerprint density at radius 3 is 2.58 bits per heavy atom. The number of nitrogens with one attached hydrogen (secondary N) is 1. The summed E-state index contributed by atoms with van der Waals surface area (Å²) in [6.07, 6.45) is 2.61. The summed E-state index contributed by atoms with van der Waals surface area (Å²) >= 11 is 0. The van der Waals surface area contributed by atoms with Gasteiger partial charge in [0.15, 0.2) is 11.6 Å². The van der Waals surface area contributed by atoms with E-state index >= 15 is 4.39 Å². The zero-order valence-electron chi connectivity index (χ0n) is 20.7. The van der Waals surface area contributed by atoms with Gasteiger partial charge >= 0.3 is 12.1 Å². The Hall–Kier alpha value is -3.34. The minimum absolute atomic E-state index is 0.00105. The molecule has 2 saturated heterocycles. The maximum atomic E-state index is 15.8. The lowest BCUT2D eigenvalue weighted by atomic mass is 10.1. The lowest BCUT2D eigenvalue weighted by molar-refractivity contribution is 0.0409. The highest BCUT2D eigenvalue weighted by molar-refractivity contribution is 5.97. The van der Waals surface area contributed by atoms with Crippen LogP contribution in [0.4, 0.5) is 14.9 Å². The van der Waals surface area contributed by atoms with Gasteiger partial charge in [-0.05, 0) is 46.1 Å². The van der Waals surface area contributed by atoms with Gasteiger partial charge < -0.3 is 34.1 Å². The number of nitrogens with zero attached hydrogens (tertiary/aromatic N) is 2. The minimum atomic E-state index is -1.36. The van der Waals surface area contributed by atoms with E-state index < -0.39 is 40.5 Å². The van der Waals surface area contributed by atoms with Crippen molar-refractivity contribution in [2.24, 2.45) is 0 Å². The first-order valence-electron chi connectivity index (χ1n) is 12.1. The first-order chi connectivity index (χ1) is 17.0. The number of ether oxygens (including phenoxy) is 3. The molecule has 11 heteroatoms. The summed E-state index contributed by atoms with van der Waals surface area (Å²) in [5.41, 5.74) is -1.31. The second-order valence-electron chi connectivity index (χ2n) is 10.5. The van der Waals surface area contributed by atoms with E-state index in [0.29, 0.717) is 18.5 Å². The molecule has 10 nitrogen and oxygen atoms in total. The molecule has 5 rings (SSSR count). The van der Waals surface area contributed by atoms with Crippen LogP contribution in [0.1, 0.15) is 56.4 Å². The molecule has 1 aromatic carbocycles. The summed E-state index contributed by atoms with van der Waals surface area (Å²) in [4.78, 5) is 39.0. The van der Waals surface area contributed by atoms with Gasteiger partial charge in [0.05, 0.1) is 36.2 Å². The molecule has 1 aromatic heterocycles. The van der Waals surface area contributed by atoms with Crippen LogP contribution in [0.2, 0.25) is 0 Å². The predicted octanol–water partition coefficient (Wildman–Crippen LogP) is 3.05. The van der Waals surface area contributed by atoms with Gasteiger partial charge in [-0.1, -0.05) is 0 Å². The van der Waals surface area contributed by atoms with Gasteiger partial charge in [-0.2, -0.15) is 0 Å². The van der Waals surface area contributed by atoms with Crippen LogP contribution in [0, 0.1) is 5.82 Å². The smallest absolute Gasteiger partial charge is 0.408 e. The molecule has 1 aliphatic carbocycles. The van der Waals surface area contributed by atoms with Crippen LogP contribution in [0.15, 0.2) is 17.1 Å². The molecule has 1 amide bonds. The van der Waals surface area contributed by atoms with Crippen LogP contribution in [0.5, 0.6) is 5.75 Å². The molecule has 1 saturated carbocycles. The molecule has 3 atom stereocenters. The summed E-state index contributed by atoms with van der Waals surface area (Å²) in [6, 6.07) is 0.416. The van der Waals surface area contributed by atoms with Crippen molar-refractivity contribution in [2.45, 2.75) is 69.9 Å². The first-order valence-corrected chi connectivity index (χ1v) is 12.1. The van der Waals surface area contributed by atoms with E-state index in [1.165, 1.54) is 13.3 Å². The summed E-state index contributed by atoms with van der Waals surface area (Å²) in [5.74, 6) is -1.90. The van der Waals surface area contributed by atoms with Gasteiger partial charge in [0.25, 0.3) is 0 Å². The van der Waals surface area contributed by atoms with Gasteiger partial charge in [0, 0.05) is 25.4 Å². The zero-order chi connectivity index (χ0) is 25.9. The number of fused-ring (bicyclic) bond motifs is 2. The van der Waals surface area contributed by atoms with Gasteiger partial charge in [-0.3, -0.25) is 4.79 Å². The maximum Gasteiger partial charge on any atom is 0.408 e. The third-order valence-electron chi connectivity index (χ3n) is 6.86. The number of hydrogen-bond donors (Lipinski definition) is 2. The Labute approximate surface area is 206 Å². The quantitative estimate of drug-likeness (QED) is 0.639. The van der Waals surface area contributed by atoms with Crippen molar-refractivity contribution < 1.29 is 33.3 Å². The summed E-state index contributed by atoms with van der Waals surface area (Å²) < 4.78 is 34.5. The molecule has 3 fully saturated rings. The van der Waals surface area contributed by atoms with Gasteiger partial charge in [-0.15, -0.1) is 0 Å². The number of carbonyl (C=O) groups excluding carboxylic acids is 1. The number of carboxylic acid groups (broad SMARTS) is 1. The maximum absolute atomic E-state index is 15.8. The number of alkyl carbamates (subject to hydrolysis) is 1. The minimum Gasteiger partial charge on any atom is -0.492 e. The van der Waals surface area contributed by atoms with Crippen molar-refractivity contribution in [1.82, 2.24) is 9.88 Å². The van der Waals surface area contributed by atoms with E-state index in [1.807, 2.05) is 4.90 Å². The molecule has 36 heavy (non-hydrogen) atoms. The zero-order valence-corrected chi connectivity index (χ0v) is 20.7. The van der Waals surface area contributed by atoms with Crippen LogP contribution < -0.4 is 20.4 Å². The van der Waals surface area contributed by atoms with E-state index in [0.717, 1.165) is 18.9 Å². The molecule has 0 radical (unpaired) electrons. The van der Waals surface area contributed by atoms with Crippen LogP contribution in [0.3, 0.4) is 0 Å². The number of aromatic carboxylic acids is 1. The molecule has 3 unspecified atom stereocenters. The fourth-order valence-corrected chi connectivity index (χ4v) is 5.31. The molecule has 2 aliphatic heterocycles. The number of carbonyl (C=O) groups is 2. The Kier molecular flexibility index (Phi) is 5.85. The third-order valence-corrected chi connectivity index (χ3v) is 6.86. The number of amides is 1. The second-order valence-corrected chi connectivity index (χ2v) is 10.5. The molecule has 3 heterocycles.